The van der Waals surface area contributed by atoms with Crippen molar-refractivity contribution in [1.82, 2.24) is 15.5 Å². The standard InChI is InChI=1S/C10H12ClN5O/c1-17-9-6(2-3-15-16-9)10(13)4-8(12)7(11)5-14-10/h2-5,14H,12-13H2,1H3. The number of nitrogens with two attached hydrogens (primary N) is 2. The Balaban J connectivity index is 2.47. The number of hydrogen-bond acceptors (Lipinski definition) is 6. The van der Waals surface area contributed by atoms with Crippen LogP contribution in [0.3, 0.4) is 0 Å². The van der Waals surface area contributed by atoms with Crippen LogP contribution in [0.5, 0.6) is 5.88 Å². The van der Waals surface area contributed by atoms with Crippen LogP contribution in [-0.2, 0) is 5.66 Å². The molecule has 6 nitrogen and oxygen atoms in total. The molecule has 0 saturated heterocycles. The number of nitrogens with zero attached hydrogens (tertiary/aromatic N) is 2. The zero-order valence-corrected chi connectivity index (χ0v) is 9.90. The molecule has 1 aliphatic heterocycles. The lowest BCUT2D eigenvalue weighted by Gasteiger charge is -2.31. The molecule has 0 saturated carbocycles. The monoisotopic (exact) mass is 253 g/mol. The number of allylic oxidation sites excluding steroid dienone is 1. The van der Waals surface area contributed by atoms with Crippen LogP contribution in [0.1, 0.15) is 5.56 Å². The van der Waals surface area contributed by atoms with E-state index in [0.29, 0.717) is 22.2 Å². The fraction of sp³-hybridized carbons (Fsp3) is 0.200. The van der Waals surface area contributed by atoms with E-state index in [-0.39, 0.29) is 0 Å². The first kappa shape index (κ1) is 11.7. The van der Waals surface area contributed by atoms with Crippen molar-refractivity contribution >= 4 is 11.6 Å². The second-order valence-corrected chi connectivity index (χ2v) is 3.97. The van der Waals surface area contributed by atoms with Gasteiger partial charge in [-0.1, -0.05) is 11.6 Å². The first-order valence-electron chi connectivity index (χ1n) is 4.84. The Bertz CT molecular complexity index is 501. The highest BCUT2D eigenvalue weighted by molar-refractivity contribution is 6.31. The molecule has 0 aromatic carbocycles. The molecule has 1 aliphatic rings. The molecule has 0 aliphatic carbocycles. The summed E-state index contributed by atoms with van der Waals surface area (Å²) < 4.78 is 5.11. The number of rotatable bonds is 2. The van der Waals surface area contributed by atoms with E-state index in [4.69, 9.17) is 27.8 Å². The minimum atomic E-state index is -1.01. The summed E-state index contributed by atoms with van der Waals surface area (Å²) in [4.78, 5) is 0. The maximum atomic E-state index is 6.19. The van der Waals surface area contributed by atoms with Crippen LogP contribution in [0.2, 0.25) is 0 Å². The maximum absolute atomic E-state index is 6.19. The Morgan fingerprint density at radius 3 is 2.94 bits per heavy atom. The van der Waals surface area contributed by atoms with E-state index in [1.54, 1.807) is 12.1 Å². The van der Waals surface area contributed by atoms with E-state index in [1.165, 1.54) is 19.5 Å². The van der Waals surface area contributed by atoms with Gasteiger partial charge in [-0.15, -0.1) is 5.10 Å². The normalized spacial score (nSPS) is 23.5. The highest BCUT2D eigenvalue weighted by Gasteiger charge is 2.31. The van der Waals surface area contributed by atoms with E-state index in [0.717, 1.165) is 0 Å². The molecule has 2 heterocycles. The highest BCUT2D eigenvalue weighted by atomic mass is 35.5. The zero-order chi connectivity index (χ0) is 12.5. The maximum Gasteiger partial charge on any atom is 0.240 e. The van der Waals surface area contributed by atoms with Crippen LogP contribution in [0, 0.1) is 0 Å². The quantitative estimate of drug-likeness (QED) is 0.693. The Morgan fingerprint density at radius 1 is 1.53 bits per heavy atom. The van der Waals surface area contributed by atoms with Crippen molar-refractivity contribution in [3.05, 3.63) is 40.8 Å². The lowest BCUT2D eigenvalue weighted by Crippen LogP contribution is -2.49. The minimum Gasteiger partial charge on any atom is -0.480 e. The first-order valence-corrected chi connectivity index (χ1v) is 5.22. The van der Waals surface area contributed by atoms with Crippen molar-refractivity contribution in [2.75, 3.05) is 7.11 Å². The molecule has 2 rings (SSSR count). The van der Waals surface area contributed by atoms with Gasteiger partial charge in [0.1, 0.15) is 5.66 Å². The van der Waals surface area contributed by atoms with Gasteiger partial charge in [-0.3, -0.25) is 0 Å². The van der Waals surface area contributed by atoms with Gasteiger partial charge in [-0.25, -0.2) is 0 Å². The predicted molar refractivity (Wildman–Crippen MR) is 63.8 cm³/mol. The van der Waals surface area contributed by atoms with E-state index >= 15 is 0 Å². The number of methoxy groups -OCH3 is 1. The Hall–Kier alpha value is -1.79. The van der Waals surface area contributed by atoms with Crippen molar-refractivity contribution in [2.45, 2.75) is 5.66 Å². The van der Waals surface area contributed by atoms with Gasteiger partial charge in [0.2, 0.25) is 5.88 Å². The summed E-state index contributed by atoms with van der Waals surface area (Å²) in [5, 5.41) is 10.9. The van der Waals surface area contributed by atoms with E-state index in [9.17, 15) is 0 Å². The molecule has 7 heteroatoms. The van der Waals surface area contributed by atoms with Crippen molar-refractivity contribution in [1.29, 1.82) is 0 Å². The van der Waals surface area contributed by atoms with Crippen molar-refractivity contribution in [3.63, 3.8) is 0 Å². The number of dihydropyridines is 1. The Kier molecular flexibility index (Phi) is 2.91. The van der Waals surface area contributed by atoms with Gasteiger partial charge < -0.3 is 21.5 Å². The van der Waals surface area contributed by atoms with Crippen LogP contribution in [-0.4, -0.2) is 17.3 Å². The van der Waals surface area contributed by atoms with Crippen LogP contribution >= 0.6 is 11.6 Å². The van der Waals surface area contributed by atoms with Crippen LogP contribution in [0.25, 0.3) is 0 Å². The van der Waals surface area contributed by atoms with Crippen molar-refractivity contribution in [3.8, 4) is 5.88 Å². The van der Waals surface area contributed by atoms with Crippen molar-refractivity contribution < 1.29 is 4.74 Å². The van der Waals surface area contributed by atoms with E-state index in [2.05, 4.69) is 15.5 Å². The zero-order valence-electron chi connectivity index (χ0n) is 9.14. The fourth-order valence-electron chi connectivity index (χ4n) is 1.56. The third-order valence-corrected chi connectivity index (χ3v) is 2.75. The molecule has 1 aromatic heterocycles. The van der Waals surface area contributed by atoms with Gasteiger partial charge in [0, 0.05) is 6.20 Å². The summed E-state index contributed by atoms with van der Waals surface area (Å²) in [6.07, 6.45) is 4.67. The molecular formula is C10H12ClN5O. The van der Waals surface area contributed by atoms with Gasteiger partial charge in [-0.2, -0.15) is 5.10 Å². The van der Waals surface area contributed by atoms with Gasteiger partial charge >= 0.3 is 0 Å². The summed E-state index contributed by atoms with van der Waals surface area (Å²) in [5.74, 6) is 0.331. The van der Waals surface area contributed by atoms with Crippen LogP contribution in [0.4, 0.5) is 0 Å². The predicted octanol–water partition coefficient (Wildman–Crippen LogP) is 0.123. The molecule has 0 spiro atoms. The molecule has 0 radical (unpaired) electrons. The SMILES string of the molecule is COc1nnccc1C1(N)C=C(N)C(Cl)=CN1. The number of ether oxygens (including phenoxy) is 1. The lowest BCUT2D eigenvalue weighted by atomic mass is 9.99. The number of hydrogen-bond donors (Lipinski definition) is 3. The highest BCUT2D eigenvalue weighted by Crippen LogP contribution is 2.29. The number of aromatic nitrogens is 2. The van der Waals surface area contributed by atoms with E-state index < -0.39 is 5.66 Å². The summed E-state index contributed by atoms with van der Waals surface area (Å²) in [7, 11) is 1.50. The molecule has 1 unspecified atom stereocenters. The van der Waals surface area contributed by atoms with Gasteiger partial charge in [0.25, 0.3) is 0 Å². The molecule has 90 valence electrons. The number of halogens is 1. The largest absolute Gasteiger partial charge is 0.480 e. The van der Waals surface area contributed by atoms with Crippen molar-refractivity contribution in [2.24, 2.45) is 11.5 Å². The fourth-order valence-corrected chi connectivity index (χ4v) is 1.67. The summed E-state index contributed by atoms with van der Waals surface area (Å²) >= 11 is 5.85. The minimum absolute atomic E-state index is 0.331. The molecular weight excluding hydrogens is 242 g/mol. The van der Waals surface area contributed by atoms with Gasteiger partial charge in [0.15, 0.2) is 0 Å². The van der Waals surface area contributed by atoms with E-state index in [1.807, 2.05) is 0 Å². The van der Waals surface area contributed by atoms with Crippen LogP contribution in [0.15, 0.2) is 35.3 Å². The molecule has 1 aromatic rings. The third-order valence-electron chi connectivity index (χ3n) is 2.42. The topological polar surface area (TPSA) is 99.1 Å². The molecule has 5 N–H and O–H groups in total. The molecule has 0 amide bonds. The van der Waals surface area contributed by atoms with Gasteiger partial charge in [-0.05, 0) is 12.1 Å². The summed E-state index contributed by atoms with van der Waals surface area (Å²) in [6, 6.07) is 1.70. The first-order chi connectivity index (χ1) is 8.07. The molecule has 0 fully saturated rings. The second-order valence-electron chi connectivity index (χ2n) is 3.56. The molecule has 17 heavy (non-hydrogen) atoms. The lowest BCUT2D eigenvalue weighted by molar-refractivity contribution is 0.365. The average molecular weight is 254 g/mol. The Morgan fingerprint density at radius 2 is 2.29 bits per heavy atom. The Labute approximate surface area is 103 Å². The average Bonchev–Trinajstić information content (AvgIpc) is 2.34. The molecule has 1 atom stereocenters. The second kappa shape index (κ2) is 4.23. The summed E-state index contributed by atoms with van der Waals surface area (Å²) in [5.41, 5.74) is 11.9. The third kappa shape index (κ3) is 2.04. The van der Waals surface area contributed by atoms with Gasteiger partial charge in [0.05, 0.1) is 29.6 Å². The molecule has 0 bridgehead atoms. The summed E-state index contributed by atoms with van der Waals surface area (Å²) in [6.45, 7) is 0. The number of nitrogens with one attached hydrogen (secondary N) is 1. The van der Waals surface area contributed by atoms with Crippen LogP contribution < -0.4 is 21.5 Å². The smallest absolute Gasteiger partial charge is 0.240 e.